The first-order chi connectivity index (χ1) is 13.4. The van der Waals surface area contributed by atoms with Gasteiger partial charge in [0.05, 0.1) is 19.1 Å². The maximum absolute atomic E-state index is 12.7. The lowest BCUT2D eigenvalue weighted by Crippen LogP contribution is -2.33. The molecule has 0 saturated carbocycles. The second-order valence-corrected chi connectivity index (χ2v) is 8.24. The minimum atomic E-state index is -0.0652. The van der Waals surface area contributed by atoms with Gasteiger partial charge in [0.15, 0.2) is 11.5 Å². The molecule has 1 unspecified atom stereocenters. The monoisotopic (exact) mass is 402 g/mol. The van der Waals surface area contributed by atoms with Crippen molar-refractivity contribution in [1.29, 1.82) is 0 Å². The fourth-order valence-corrected chi connectivity index (χ4v) is 4.63. The molecule has 1 atom stereocenters. The summed E-state index contributed by atoms with van der Waals surface area (Å²) < 4.78 is 10.6. The minimum Gasteiger partial charge on any atom is -0.493 e. The first kappa shape index (κ1) is 20.2. The van der Waals surface area contributed by atoms with Crippen LogP contribution < -0.4 is 14.8 Å². The highest BCUT2D eigenvalue weighted by molar-refractivity contribution is 7.14. The lowest BCUT2D eigenvalue weighted by atomic mass is 9.87. The van der Waals surface area contributed by atoms with E-state index in [9.17, 15) is 9.59 Å². The molecule has 2 amide bonds. The van der Waals surface area contributed by atoms with Crippen molar-refractivity contribution >= 4 is 23.2 Å². The Morgan fingerprint density at radius 3 is 2.61 bits per heavy atom. The van der Waals surface area contributed by atoms with Gasteiger partial charge >= 0.3 is 0 Å². The van der Waals surface area contributed by atoms with Crippen LogP contribution >= 0.6 is 11.3 Å². The highest BCUT2D eigenvalue weighted by atomic mass is 32.1. The van der Waals surface area contributed by atoms with Crippen molar-refractivity contribution in [3.63, 3.8) is 0 Å². The number of aryl methyl sites for hydroxylation is 1. The average molecular weight is 403 g/mol. The van der Waals surface area contributed by atoms with E-state index >= 15 is 0 Å². The van der Waals surface area contributed by atoms with Gasteiger partial charge in [-0.3, -0.25) is 9.59 Å². The van der Waals surface area contributed by atoms with Gasteiger partial charge < -0.3 is 19.7 Å². The highest BCUT2D eigenvalue weighted by Gasteiger charge is 2.27. The molecule has 0 spiro atoms. The van der Waals surface area contributed by atoms with Crippen LogP contribution in [0.4, 0.5) is 0 Å². The molecule has 1 aliphatic rings. The summed E-state index contributed by atoms with van der Waals surface area (Å²) in [4.78, 5) is 28.4. The van der Waals surface area contributed by atoms with Crippen LogP contribution in [0.5, 0.6) is 11.5 Å². The Balaban J connectivity index is 1.61. The SMILES string of the molecule is COc1ccc(CNC(=O)C2CCc3sc(C(=O)N(C)C)cc3C2)cc1OC. The summed E-state index contributed by atoms with van der Waals surface area (Å²) in [6, 6.07) is 7.58. The molecule has 7 heteroatoms. The number of carbonyl (C=O) groups excluding carboxylic acids is 2. The summed E-state index contributed by atoms with van der Waals surface area (Å²) in [6.07, 6.45) is 2.33. The standard InChI is InChI=1S/C21H26N2O4S/c1-23(2)21(25)19-11-15-10-14(6-8-18(15)28-19)20(24)22-12-13-5-7-16(26-3)17(9-13)27-4/h5,7,9,11,14H,6,8,10,12H2,1-4H3,(H,22,24). The quantitative estimate of drug-likeness (QED) is 0.807. The average Bonchev–Trinajstić information content (AvgIpc) is 3.14. The Bertz CT molecular complexity index is 875. The maximum atomic E-state index is 12.7. The van der Waals surface area contributed by atoms with Gasteiger partial charge in [0.1, 0.15) is 0 Å². The molecule has 1 heterocycles. The van der Waals surface area contributed by atoms with E-state index in [2.05, 4.69) is 5.32 Å². The molecule has 3 rings (SSSR count). The number of hydrogen-bond donors (Lipinski definition) is 1. The van der Waals surface area contributed by atoms with E-state index in [0.29, 0.717) is 24.5 Å². The number of ether oxygens (including phenoxy) is 2. The summed E-state index contributed by atoms with van der Waals surface area (Å²) in [5.41, 5.74) is 2.09. The Hall–Kier alpha value is -2.54. The Morgan fingerprint density at radius 1 is 1.18 bits per heavy atom. The first-order valence-electron chi connectivity index (χ1n) is 9.24. The van der Waals surface area contributed by atoms with E-state index in [0.717, 1.165) is 28.8 Å². The first-order valence-corrected chi connectivity index (χ1v) is 10.1. The van der Waals surface area contributed by atoms with Crippen molar-refractivity contribution in [2.45, 2.75) is 25.8 Å². The zero-order valence-corrected chi connectivity index (χ0v) is 17.5. The zero-order chi connectivity index (χ0) is 20.3. The number of fused-ring (bicyclic) bond motifs is 1. The predicted molar refractivity (Wildman–Crippen MR) is 109 cm³/mol. The van der Waals surface area contributed by atoms with Crippen LogP contribution in [-0.4, -0.2) is 45.0 Å². The molecule has 0 radical (unpaired) electrons. The second-order valence-electron chi connectivity index (χ2n) is 7.11. The van der Waals surface area contributed by atoms with Crippen LogP contribution in [-0.2, 0) is 24.2 Å². The Labute approximate surface area is 169 Å². The van der Waals surface area contributed by atoms with Crippen molar-refractivity contribution < 1.29 is 19.1 Å². The van der Waals surface area contributed by atoms with Gasteiger partial charge in [0.2, 0.25) is 5.91 Å². The molecule has 1 aromatic carbocycles. The van der Waals surface area contributed by atoms with E-state index in [4.69, 9.17) is 9.47 Å². The molecular weight excluding hydrogens is 376 g/mol. The van der Waals surface area contributed by atoms with Gasteiger partial charge in [-0.2, -0.15) is 0 Å². The summed E-state index contributed by atoms with van der Waals surface area (Å²) in [5.74, 6) is 1.32. The zero-order valence-electron chi connectivity index (χ0n) is 16.7. The van der Waals surface area contributed by atoms with E-state index < -0.39 is 0 Å². The lowest BCUT2D eigenvalue weighted by molar-refractivity contribution is -0.125. The van der Waals surface area contributed by atoms with Gasteiger partial charge in [-0.05, 0) is 48.6 Å². The highest BCUT2D eigenvalue weighted by Crippen LogP contribution is 2.33. The third kappa shape index (κ3) is 4.30. The van der Waals surface area contributed by atoms with Crippen molar-refractivity contribution in [3.05, 3.63) is 45.1 Å². The number of rotatable bonds is 6. The minimum absolute atomic E-state index is 0.0221. The number of benzene rings is 1. The fraction of sp³-hybridized carbons (Fsp3) is 0.429. The summed E-state index contributed by atoms with van der Waals surface area (Å²) in [6.45, 7) is 0.441. The van der Waals surface area contributed by atoms with Crippen LogP contribution in [0.1, 0.15) is 32.1 Å². The number of carbonyl (C=O) groups is 2. The van der Waals surface area contributed by atoms with E-state index in [-0.39, 0.29) is 17.7 Å². The number of nitrogens with zero attached hydrogens (tertiary/aromatic N) is 1. The van der Waals surface area contributed by atoms with E-state index in [1.807, 2.05) is 24.3 Å². The Morgan fingerprint density at radius 2 is 1.93 bits per heavy atom. The summed E-state index contributed by atoms with van der Waals surface area (Å²) in [7, 11) is 6.70. The number of amides is 2. The second kappa shape index (κ2) is 8.65. The van der Waals surface area contributed by atoms with Crippen LogP contribution in [0.2, 0.25) is 0 Å². The number of thiophene rings is 1. The topological polar surface area (TPSA) is 67.9 Å². The smallest absolute Gasteiger partial charge is 0.263 e. The lowest BCUT2D eigenvalue weighted by Gasteiger charge is -2.21. The van der Waals surface area contributed by atoms with Gasteiger partial charge in [0, 0.05) is 31.4 Å². The van der Waals surface area contributed by atoms with Gasteiger partial charge in [-0.15, -0.1) is 11.3 Å². The maximum Gasteiger partial charge on any atom is 0.263 e. The molecule has 1 aliphatic carbocycles. The number of hydrogen-bond acceptors (Lipinski definition) is 5. The summed E-state index contributed by atoms with van der Waals surface area (Å²) >= 11 is 1.55. The van der Waals surface area contributed by atoms with Crippen molar-refractivity contribution in [3.8, 4) is 11.5 Å². The van der Waals surface area contributed by atoms with E-state index in [1.165, 1.54) is 4.88 Å². The Kier molecular flexibility index (Phi) is 6.24. The predicted octanol–water partition coefficient (Wildman–Crippen LogP) is 2.89. The van der Waals surface area contributed by atoms with Crippen molar-refractivity contribution in [2.24, 2.45) is 5.92 Å². The van der Waals surface area contributed by atoms with Crippen LogP contribution in [0, 0.1) is 5.92 Å². The third-order valence-corrected chi connectivity index (χ3v) is 6.21. The molecule has 6 nitrogen and oxygen atoms in total. The molecule has 0 bridgehead atoms. The molecule has 0 fully saturated rings. The molecule has 1 N–H and O–H groups in total. The molecule has 0 saturated heterocycles. The summed E-state index contributed by atoms with van der Waals surface area (Å²) in [5, 5.41) is 3.03. The third-order valence-electron chi connectivity index (χ3n) is 4.99. The van der Waals surface area contributed by atoms with Gasteiger partial charge in [-0.1, -0.05) is 6.07 Å². The van der Waals surface area contributed by atoms with Gasteiger partial charge in [0.25, 0.3) is 5.91 Å². The molecule has 2 aromatic rings. The van der Waals surface area contributed by atoms with Crippen molar-refractivity contribution in [1.82, 2.24) is 10.2 Å². The van der Waals surface area contributed by atoms with Crippen molar-refractivity contribution in [2.75, 3.05) is 28.3 Å². The van der Waals surface area contributed by atoms with Crippen LogP contribution in [0.25, 0.3) is 0 Å². The van der Waals surface area contributed by atoms with Crippen LogP contribution in [0.15, 0.2) is 24.3 Å². The number of nitrogens with one attached hydrogen (secondary N) is 1. The molecule has 150 valence electrons. The molecule has 0 aliphatic heterocycles. The molecule has 1 aromatic heterocycles. The van der Waals surface area contributed by atoms with E-state index in [1.54, 1.807) is 44.6 Å². The molecule has 28 heavy (non-hydrogen) atoms. The number of methoxy groups -OCH3 is 2. The fourth-order valence-electron chi connectivity index (χ4n) is 3.40. The molecular formula is C21H26N2O4S. The van der Waals surface area contributed by atoms with Gasteiger partial charge in [-0.25, -0.2) is 0 Å². The normalized spacial score (nSPS) is 15.5. The largest absolute Gasteiger partial charge is 0.493 e. The van der Waals surface area contributed by atoms with Crippen LogP contribution in [0.3, 0.4) is 0 Å².